The van der Waals surface area contributed by atoms with Gasteiger partial charge in [0.1, 0.15) is 5.75 Å². The number of hydrogen-bond acceptors (Lipinski definition) is 7. The molecule has 0 atom stereocenters. The molecule has 0 amide bonds. The summed E-state index contributed by atoms with van der Waals surface area (Å²) in [6.45, 7) is 4.25. The van der Waals surface area contributed by atoms with Gasteiger partial charge in [-0.05, 0) is 43.7 Å². The fraction of sp³-hybridized carbons (Fsp3) is 0.250. The first-order valence-corrected chi connectivity index (χ1v) is 8.49. The zero-order valence-corrected chi connectivity index (χ0v) is 15.5. The molecule has 2 aromatic carbocycles. The lowest BCUT2D eigenvalue weighted by molar-refractivity contribution is -0.142. The lowest BCUT2D eigenvalue weighted by atomic mass is 10.1. The Morgan fingerprint density at radius 2 is 2.04 bits per heavy atom. The smallest absolute Gasteiger partial charge is 0.343 e. The van der Waals surface area contributed by atoms with E-state index in [0.717, 1.165) is 22.4 Å². The Kier molecular flexibility index (Phi) is 5.71. The third kappa shape index (κ3) is 4.84. The maximum atomic E-state index is 11.1. The molecule has 1 heterocycles. The molecular weight excluding hydrogens is 346 g/mol. The molecule has 0 bridgehead atoms. The Hall–Kier alpha value is -3.35. The van der Waals surface area contributed by atoms with Crippen molar-refractivity contribution in [2.75, 3.05) is 19.0 Å². The molecule has 3 rings (SSSR count). The van der Waals surface area contributed by atoms with Crippen LogP contribution in [0.15, 0.2) is 47.0 Å². The number of ether oxygens (including phenoxy) is 2. The molecule has 140 valence electrons. The van der Waals surface area contributed by atoms with Crippen LogP contribution in [0.4, 0.5) is 5.69 Å². The maximum Gasteiger partial charge on any atom is 0.343 e. The summed E-state index contributed by atoms with van der Waals surface area (Å²) in [6.07, 6.45) is 0. The zero-order chi connectivity index (χ0) is 19.2. The molecule has 0 aliphatic rings. The van der Waals surface area contributed by atoms with Crippen LogP contribution in [0.1, 0.15) is 17.0 Å². The van der Waals surface area contributed by atoms with Crippen LogP contribution in [-0.4, -0.2) is 29.8 Å². The quantitative estimate of drug-likeness (QED) is 0.639. The number of benzene rings is 2. The van der Waals surface area contributed by atoms with Crippen molar-refractivity contribution in [3.63, 3.8) is 0 Å². The highest BCUT2D eigenvalue weighted by molar-refractivity contribution is 5.71. The first-order valence-electron chi connectivity index (χ1n) is 8.49. The number of rotatable bonds is 7. The second kappa shape index (κ2) is 8.35. The van der Waals surface area contributed by atoms with Crippen LogP contribution in [0, 0.1) is 13.8 Å². The van der Waals surface area contributed by atoms with E-state index in [-0.39, 0.29) is 6.61 Å². The molecule has 0 fully saturated rings. The van der Waals surface area contributed by atoms with E-state index >= 15 is 0 Å². The van der Waals surface area contributed by atoms with Crippen LogP contribution >= 0.6 is 0 Å². The Labute approximate surface area is 157 Å². The number of nitrogens with zero attached hydrogens (tertiary/aromatic N) is 2. The van der Waals surface area contributed by atoms with Crippen LogP contribution in [0.5, 0.6) is 5.75 Å². The Bertz CT molecular complexity index is 936. The molecule has 0 aliphatic heterocycles. The normalized spacial score (nSPS) is 10.5. The van der Waals surface area contributed by atoms with Crippen molar-refractivity contribution in [1.82, 2.24) is 10.1 Å². The fourth-order valence-electron chi connectivity index (χ4n) is 2.52. The molecule has 0 saturated carbocycles. The fourth-order valence-corrected chi connectivity index (χ4v) is 2.52. The number of aryl methyl sites for hydroxylation is 2. The highest BCUT2D eigenvalue weighted by Gasteiger charge is 2.10. The second-order valence-corrected chi connectivity index (χ2v) is 6.08. The van der Waals surface area contributed by atoms with Crippen molar-refractivity contribution in [3.8, 4) is 17.1 Å². The maximum absolute atomic E-state index is 11.1. The van der Waals surface area contributed by atoms with E-state index in [9.17, 15) is 4.79 Å². The monoisotopic (exact) mass is 367 g/mol. The number of carbonyl (C=O) groups excluding carboxylic acids is 1. The number of nitrogens with one attached hydrogen (secondary N) is 1. The van der Waals surface area contributed by atoms with E-state index in [0.29, 0.717) is 24.0 Å². The predicted molar refractivity (Wildman–Crippen MR) is 100 cm³/mol. The molecular formula is C20H21N3O4. The van der Waals surface area contributed by atoms with Gasteiger partial charge in [0.2, 0.25) is 11.7 Å². The molecule has 1 aromatic heterocycles. The van der Waals surface area contributed by atoms with Gasteiger partial charge < -0.3 is 19.3 Å². The van der Waals surface area contributed by atoms with Crippen molar-refractivity contribution in [2.24, 2.45) is 0 Å². The molecule has 0 saturated heterocycles. The van der Waals surface area contributed by atoms with E-state index in [1.807, 2.05) is 50.2 Å². The molecule has 3 aromatic rings. The van der Waals surface area contributed by atoms with Crippen LogP contribution in [-0.2, 0) is 16.1 Å². The summed E-state index contributed by atoms with van der Waals surface area (Å²) >= 11 is 0. The summed E-state index contributed by atoms with van der Waals surface area (Å²) in [5.41, 5.74) is 3.95. The van der Waals surface area contributed by atoms with Gasteiger partial charge in [-0.25, -0.2) is 4.79 Å². The van der Waals surface area contributed by atoms with Crippen LogP contribution < -0.4 is 10.1 Å². The average Bonchev–Trinajstić information content (AvgIpc) is 3.14. The van der Waals surface area contributed by atoms with Crippen molar-refractivity contribution in [1.29, 1.82) is 0 Å². The van der Waals surface area contributed by atoms with Gasteiger partial charge in [-0.1, -0.05) is 28.9 Å². The van der Waals surface area contributed by atoms with Crippen LogP contribution in [0.3, 0.4) is 0 Å². The lowest BCUT2D eigenvalue weighted by Gasteiger charge is -2.10. The van der Waals surface area contributed by atoms with Gasteiger partial charge in [-0.2, -0.15) is 4.98 Å². The van der Waals surface area contributed by atoms with Gasteiger partial charge in [0.05, 0.1) is 13.7 Å². The first kappa shape index (κ1) is 18.4. The van der Waals surface area contributed by atoms with Crippen molar-refractivity contribution >= 4 is 11.7 Å². The lowest BCUT2D eigenvalue weighted by Crippen LogP contribution is -2.12. The van der Waals surface area contributed by atoms with E-state index < -0.39 is 5.97 Å². The summed E-state index contributed by atoms with van der Waals surface area (Å²) < 4.78 is 15.3. The molecule has 0 radical (unpaired) electrons. The molecule has 0 spiro atoms. The van der Waals surface area contributed by atoms with Crippen molar-refractivity contribution in [2.45, 2.75) is 20.4 Å². The summed E-state index contributed by atoms with van der Waals surface area (Å²) in [4.78, 5) is 15.6. The number of aromatic nitrogens is 2. The van der Waals surface area contributed by atoms with Crippen molar-refractivity contribution in [3.05, 3.63) is 59.5 Å². The molecule has 7 nitrogen and oxygen atoms in total. The molecule has 7 heteroatoms. The van der Waals surface area contributed by atoms with Gasteiger partial charge in [0.15, 0.2) is 6.61 Å². The topological polar surface area (TPSA) is 86.5 Å². The molecule has 1 N–H and O–H groups in total. The predicted octanol–water partition coefficient (Wildman–Crippen LogP) is 3.52. The second-order valence-electron chi connectivity index (χ2n) is 6.08. The molecule has 27 heavy (non-hydrogen) atoms. The van der Waals surface area contributed by atoms with E-state index in [1.165, 1.54) is 7.11 Å². The van der Waals surface area contributed by atoms with Gasteiger partial charge in [0.25, 0.3) is 0 Å². The third-order valence-electron chi connectivity index (χ3n) is 3.96. The number of hydrogen-bond donors (Lipinski definition) is 1. The summed E-state index contributed by atoms with van der Waals surface area (Å²) in [7, 11) is 1.33. The average molecular weight is 367 g/mol. The first-order chi connectivity index (χ1) is 13.0. The number of methoxy groups -OCH3 is 1. The van der Waals surface area contributed by atoms with Gasteiger partial charge in [-0.15, -0.1) is 0 Å². The van der Waals surface area contributed by atoms with E-state index in [1.54, 1.807) is 6.07 Å². The van der Waals surface area contributed by atoms with Crippen molar-refractivity contribution < 1.29 is 18.8 Å². The Morgan fingerprint density at radius 1 is 1.19 bits per heavy atom. The SMILES string of the molecule is COC(=O)COc1ccc(NCc2nc(-c3cccc(C)c3)no2)c(C)c1. The van der Waals surface area contributed by atoms with Crippen LogP contribution in [0.2, 0.25) is 0 Å². The van der Waals surface area contributed by atoms with E-state index in [4.69, 9.17) is 9.26 Å². The highest BCUT2D eigenvalue weighted by Crippen LogP contribution is 2.22. The largest absolute Gasteiger partial charge is 0.482 e. The van der Waals surface area contributed by atoms with Gasteiger partial charge in [-0.3, -0.25) is 0 Å². The number of esters is 1. The summed E-state index contributed by atoms with van der Waals surface area (Å²) in [5, 5.41) is 7.30. The minimum atomic E-state index is -0.421. The molecule has 0 aliphatic carbocycles. The number of anilines is 1. The van der Waals surface area contributed by atoms with Gasteiger partial charge in [0, 0.05) is 11.3 Å². The standard InChI is InChI=1S/C20H21N3O4/c1-13-5-4-6-15(9-13)20-22-18(27-23-20)11-21-17-8-7-16(10-14(17)2)26-12-19(24)25-3/h4-10,21H,11-12H2,1-3H3. The van der Waals surface area contributed by atoms with Crippen LogP contribution in [0.25, 0.3) is 11.4 Å². The van der Waals surface area contributed by atoms with E-state index in [2.05, 4.69) is 20.2 Å². The minimum absolute atomic E-state index is 0.119. The zero-order valence-electron chi connectivity index (χ0n) is 15.5. The van der Waals surface area contributed by atoms with Gasteiger partial charge >= 0.3 is 5.97 Å². The summed E-state index contributed by atoms with van der Waals surface area (Å²) in [5.74, 6) is 1.24. The number of carbonyl (C=O) groups is 1. The highest BCUT2D eigenvalue weighted by atomic mass is 16.6. The Morgan fingerprint density at radius 3 is 2.78 bits per heavy atom. The minimum Gasteiger partial charge on any atom is -0.482 e. The summed E-state index contributed by atoms with van der Waals surface area (Å²) in [6, 6.07) is 13.5. The third-order valence-corrected chi connectivity index (χ3v) is 3.96. The molecule has 0 unspecified atom stereocenters. The Balaban J connectivity index is 1.61.